The van der Waals surface area contributed by atoms with Crippen LogP contribution >= 0.6 is 0 Å². The van der Waals surface area contributed by atoms with Gasteiger partial charge in [0.2, 0.25) is 0 Å². The van der Waals surface area contributed by atoms with Crippen LogP contribution in [0.25, 0.3) is 45.1 Å². The van der Waals surface area contributed by atoms with Gasteiger partial charge >= 0.3 is 0 Å². The predicted molar refractivity (Wildman–Crippen MR) is 174 cm³/mol. The number of fused-ring (bicyclic) bond motifs is 2. The number of carbonyl (C=O) groups is 2. The second kappa shape index (κ2) is 10.1. The average Bonchev–Trinajstić information content (AvgIpc) is 3.69. The van der Waals surface area contributed by atoms with Crippen molar-refractivity contribution in [1.82, 2.24) is 40.5 Å². The quantitative estimate of drug-likeness (QED) is 0.188. The van der Waals surface area contributed by atoms with Crippen LogP contribution in [0.15, 0.2) is 84.9 Å². The van der Waals surface area contributed by atoms with Crippen LogP contribution in [0.3, 0.4) is 0 Å². The summed E-state index contributed by atoms with van der Waals surface area (Å²) in [5, 5.41) is 6.83. The molecule has 0 spiro atoms. The number of nitrogens with zero attached hydrogens (tertiary/aromatic N) is 4. The summed E-state index contributed by atoms with van der Waals surface area (Å²) >= 11 is 0. The SMILES string of the molecule is O=C(NC12CC3CC(C1)CC(NC(=O)c1cccc(-c4nc5ccccc5[nH]4)n1)(C3)C2)c1cccc(-c2nc3ccccc3[nH]2)n1. The van der Waals surface area contributed by atoms with Crippen molar-refractivity contribution < 1.29 is 9.59 Å². The number of amides is 2. The van der Waals surface area contributed by atoms with Crippen molar-refractivity contribution in [2.45, 2.75) is 49.6 Å². The maximum atomic E-state index is 13.8. The van der Waals surface area contributed by atoms with E-state index in [1.54, 1.807) is 12.1 Å². The highest BCUT2D eigenvalue weighted by Gasteiger charge is 2.59. The number of carbonyl (C=O) groups excluding carboxylic acids is 2. The smallest absolute Gasteiger partial charge is 0.270 e. The van der Waals surface area contributed by atoms with Gasteiger partial charge in [-0.05, 0) is 98.9 Å². The lowest BCUT2D eigenvalue weighted by Crippen LogP contribution is -2.70. The van der Waals surface area contributed by atoms with Gasteiger partial charge in [0.1, 0.15) is 22.8 Å². The zero-order chi connectivity index (χ0) is 30.9. The minimum atomic E-state index is -0.394. The van der Waals surface area contributed by atoms with Crippen molar-refractivity contribution in [3.8, 4) is 23.0 Å². The zero-order valence-electron chi connectivity index (χ0n) is 25.1. The van der Waals surface area contributed by atoms with E-state index in [9.17, 15) is 9.59 Å². The van der Waals surface area contributed by atoms with Gasteiger partial charge in [-0.15, -0.1) is 0 Å². The molecule has 0 radical (unpaired) electrons. The van der Waals surface area contributed by atoms with Gasteiger partial charge in [-0.2, -0.15) is 0 Å². The summed E-state index contributed by atoms with van der Waals surface area (Å²) in [5.41, 5.74) is 4.73. The highest BCUT2D eigenvalue weighted by molar-refractivity contribution is 5.94. The van der Waals surface area contributed by atoms with Gasteiger partial charge in [-0.3, -0.25) is 9.59 Å². The van der Waals surface area contributed by atoms with E-state index in [1.807, 2.05) is 72.8 Å². The Bertz CT molecular complexity index is 1940. The zero-order valence-corrected chi connectivity index (χ0v) is 25.1. The van der Waals surface area contributed by atoms with E-state index in [1.165, 1.54) is 0 Å². The maximum absolute atomic E-state index is 13.8. The summed E-state index contributed by atoms with van der Waals surface area (Å²) < 4.78 is 0. The second-order valence-electron chi connectivity index (χ2n) is 13.5. The van der Waals surface area contributed by atoms with E-state index in [-0.39, 0.29) is 11.8 Å². The van der Waals surface area contributed by atoms with Crippen molar-refractivity contribution >= 4 is 33.9 Å². The third-order valence-corrected chi connectivity index (χ3v) is 10.0. The van der Waals surface area contributed by atoms with Crippen molar-refractivity contribution in [2.75, 3.05) is 0 Å². The van der Waals surface area contributed by atoms with Crippen molar-refractivity contribution in [2.24, 2.45) is 11.8 Å². The van der Waals surface area contributed by atoms with Gasteiger partial charge in [-0.25, -0.2) is 19.9 Å². The number of aromatic amines is 2. The van der Waals surface area contributed by atoms with E-state index >= 15 is 0 Å². The molecule has 4 aliphatic carbocycles. The van der Waals surface area contributed by atoms with Crippen LogP contribution in [0.2, 0.25) is 0 Å². The molecule has 10 heteroatoms. The molecule has 6 aromatic rings. The molecule has 0 saturated heterocycles. The number of pyridine rings is 2. The molecular weight excluding hydrogens is 576 g/mol. The monoisotopic (exact) mass is 608 g/mol. The molecule has 0 atom stereocenters. The first-order valence-electron chi connectivity index (χ1n) is 15.9. The molecule has 46 heavy (non-hydrogen) atoms. The predicted octanol–water partition coefficient (Wildman–Crippen LogP) is 5.81. The standard InChI is InChI=1S/C36H32N8O2/c45-33(29-13-5-11-27(37-29)31-39-23-7-1-2-8-24(23)40-31)43-35-16-21-15-22(17-35)19-36(18-21,20-35)44-34(46)30-14-6-12-28(38-30)32-41-25-9-3-4-10-26(25)42-32/h1-14,21-22H,15-20H2,(H,39,40)(H,41,42)(H,43,45)(H,44,46). The molecule has 2 amide bonds. The van der Waals surface area contributed by atoms with E-state index < -0.39 is 11.1 Å². The summed E-state index contributed by atoms with van der Waals surface area (Å²) in [6, 6.07) is 26.6. The number of benzene rings is 2. The normalized spacial score (nSPS) is 24.8. The number of rotatable bonds is 6. The van der Waals surface area contributed by atoms with Crippen LogP contribution in [0, 0.1) is 11.8 Å². The van der Waals surface area contributed by atoms with Crippen LogP contribution in [-0.4, -0.2) is 52.8 Å². The Hall–Kier alpha value is -5.38. The number of hydrogen-bond donors (Lipinski definition) is 4. The van der Waals surface area contributed by atoms with E-state index in [4.69, 9.17) is 9.97 Å². The van der Waals surface area contributed by atoms with Crippen LogP contribution in [0.4, 0.5) is 0 Å². The number of hydrogen-bond acceptors (Lipinski definition) is 6. The highest BCUT2D eigenvalue weighted by atomic mass is 16.2. The van der Waals surface area contributed by atoms with Crippen molar-refractivity contribution in [1.29, 1.82) is 0 Å². The number of H-pyrrole nitrogens is 2. The van der Waals surface area contributed by atoms with Crippen LogP contribution in [0.1, 0.15) is 59.5 Å². The molecule has 4 bridgehead atoms. The number of imidazole rings is 2. The number of para-hydroxylation sites is 4. The molecule has 228 valence electrons. The lowest BCUT2D eigenvalue weighted by molar-refractivity contribution is -0.0449. The number of nitrogens with one attached hydrogen (secondary N) is 4. The Morgan fingerprint density at radius 1 is 0.587 bits per heavy atom. The van der Waals surface area contributed by atoms with Crippen molar-refractivity contribution in [3.63, 3.8) is 0 Å². The minimum Gasteiger partial charge on any atom is -0.345 e. The Morgan fingerprint density at radius 2 is 1.04 bits per heavy atom. The molecule has 0 aliphatic heterocycles. The summed E-state index contributed by atoms with van der Waals surface area (Å²) in [4.78, 5) is 52.8. The average molecular weight is 609 g/mol. The second-order valence-corrected chi connectivity index (χ2v) is 13.5. The third kappa shape index (κ3) is 4.63. The fourth-order valence-corrected chi connectivity index (χ4v) is 8.70. The maximum Gasteiger partial charge on any atom is 0.270 e. The summed E-state index contributed by atoms with van der Waals surface area (Å²) in [5.74, 6) is 1.75. The Labute approximate surface area is 264 Å². The summed E-state index contributed by atoms with van der Waals surface area (Å²) in [6.45, 7) is 0. The molecular formula is C36H32N8O2. The number of aromatic nitrogens is 6. The molecule has 0 unspecified atom stereocenters. The fourth-order valence-electron chi connectivity index (χ4n) is 8.70. The van der Waals surface area contributed by atoms with Gasteiger partial charge in [0.15, 0.2) is 11.6 Å². The van der Waals surface area contributed by atoms with Gasteiger partial charge in [-0.1, -0.05) is 36.4 Å². The van der Waals surface area contributed by atoms with Crippen LogP contribution in [0.5, 0.6) is 0 Å². The first-order chi connectivity index (χ1) is 22.4. The molecule has 10 rings (SSSR count). The molecule has 10 nitrogen and oxygen atoms in total. The lowest BCUT2D eigenvalue weighted by Gasteiger charge is -2.62. The van der Waals surface area contributed by atoms with E-state index in [0.717, 1.165) is 54.2 Å². The first-order valence-corrected chi connectivity index (χ1v) is 15.9. The topological polar surface area (TPSA) is 141 Å². The molecule has 4 saturated carbocycles. The van der Waals surface area contributed by atoms with Gasteiger partial charge in [0.05, 0.1) is 22.1 Å². The molecule has 4 N–H and O–H groups in total. The van der Waals surface area contributed by atoms with E-state index in [2.05, 4.69) is 30.6 Å². The molecule has 4 aliphatic rings. The van der Waals surface area contributed by atoms with Crippen LogP contribution in [-0.2, 0) is 0 Å². The van der Waals surface area contributed by atoms with Crippen molar-refractivity contribution in [3.05, 3.63) is 96.3 Å². The third-order valence-electron chi connectivity index (χ3n) is 10.0. The Balaban J connectivity index is 0.949. The minimum absolute atomic E-state index is 0.193. The summed E-state index contributed by atoms with van der Waals surface area (Å²) in [6.07, 6.45) is 5.48. The summed E-state index contributed by atoms with van der Waals surface area (Å²) in [7, 11) is 0. The molecule has 4 heterocycles. The van der Waals surface area contributed by atoms with E-state index in [0.29, 0.717) is 52.7 Å². The molecule has 2 aromatic carbocycles. The fraction of sp³-hybridized carbons (Fsp3) is 0.278. The first kappa shape index (κ1) is 27.0. The molecule has 4 aromatic heterocycles. The lowest BCUT2D eigenvalue weighted by atomic mass is 9.49. The van der Waals surface area contributed by atoms with Gasteiger partial charge < -0.3 is 20.6 Å². The van der Waals surface area contributed by atoms with Gasteiger partial charge in [0.25, 0.3) is 11.8 Å². The largest absolute Gasteiger partial charge is 0.345 e. The molecule has 4 fully saturated rings. The highest BCUT2D eigenvalue weighted by Crippen LogP contribution is 2.57. The Morgan fingerprint density at radius 3 is 1.50 bits per heavy atom. The van der Waals surface area contributed by atoms with Crippen LogP contribution < -0.4 is 10.6 Å². The Kier molecular flexibility index (Phi) is 5.90. The van der Waals surface area contributed by atoms with Gasteiger partial charge in [0, 0.05) is 11.1 Å².